The average molecular weight is 462 g/mol. The fraction of sp³-hybridized carbons (Fsp3) is 0.611. The van der Waals surface area contributed by atoms with Crippen LogP contribution in [0.2, 0.25) is 4.47 Å². The molecule has 5 rings (SSSR count). The Morgan fingerprint density at radius 1 is 1.23 bits per heavy atom. The van der Waals surface area contributed by atoms with Gasteiger partial charge >= 0.3 is 6.18 Å². The first-order valence-electron chi connectivity index (χ1n) is 9.74. The molecule has 2 fully saturated rings. The Morgan fingerprint density at radius 3 is 2.60 bits per heavy atom. The molecule has 0 aliphatic carbocycles. The zero-order chi connectivity index (χ0) is 21.0. The van der Waals surface area contributed by atoms with Gasteiger partial charge < -0.3 is 14.5 Å². The fourth-order valence-corrected chi connectivity index (χ4v) is 5.44. The van der Waals surface area contributed by atoms with Crippen LogP contribution in [0.1, 0.15) is 24.1 Å². The quantitative estimate of drug-likeness (QED) is 0.700. The van der Waals surface area contributed by atoms with E-state index in [1.54, 1.807) is 0 Å². The summed E-state index contributed by atoms with van der Waals surface area (Å²) in [4.78, 5) is 25.0. The van der Waals surface area contributed by atoms with E-state index in [4.69, 9.17) is 16.3 Å². The number of thiazole rings is 1. The van der Waals surface area contributed by atoms with Crippen LogP contribution in [0, 0.1) is 0 Å². The van der Waals surface area contributed by atoms with Crippen molar-refractivity contribution < 1.29 is 17.9 Å². The molecule has 2 aromatic heterocycles. The second kappa shape index (κ2) is 7.38. The zero-order valence-electron chi connectivity index (χ0n) is 15.8. The Kier molecular flexibility index (Phi) is 4.94. The van der Waals surface area contributed by atoms with E-state index in [9.17, 15) is 18.0 Å². The molecule has 2 bridgehead atoms. The number of halogens is 4. The fourth-order valence-electron chi connectivity index (χ4n) is 4.47. The first kappa shape index (κ1) is 20.1. The third-order valence-corrected chi connectivity index (χ3v) is 6.93. The van der Waals surface area contributed by atoms with Gasteiger partial charge in [0.1, 0.15) is 11.9 Å². The zero-order valence-corrected chi connectivity index (χ0v) is 17.4. The highest BCUT2D eigenvalue weighted by molar-refractivity contribution is 7.15. The Hall–Kier alpha value is -1.85. The van der Waals surface area contributed by atoms with Gasteiger partial charge in [-0.2, -0.15) is 18.2 Å². The molecule has 0 spiro atoms. The van der Waals surface area contributed by atoms with Gasteiger partial charge in [0.05, 0.1) is 18.8 Å². The normalized spacial score (nSPS) is 26.2. The van der Waals surface area contributed by atoms with Crippen LogP contribution in [0.3, 0.4) is 0 Å². The number of hydrogen-bond donors (Lipinski definition) is 0. The lowest BCUT2D eigenvalue weighted by atomic mass is 10.1. The van der Waals surface area contributed by atoms with E-state index in [1.165, 1.54) is 16.8 Å². The number of rotatable bonds is 3. The molecule has 162 valence electrons. The Bertz CT molecular complexity index is 1000. The van der Waals surface area contributed by atoms with Crippen LogP contribution in [-0.4, -0.2) is 52.1 Å². The maximum Gasteiger partial charge on any atom is 0.408 e. The van der Waals surface area contributed by atoms with Crippen LogP contribution >= 0.6 is 22.9 Å². The molecule has 3 aliphatic heterocycles. The standard InChI is InChI=1S/C18H19ClF3N5O2S/c19-16-23-6-12(30-16)9-27-13(18(20,21)22)3-4-26-15(28)5-14(24-17(26)27)25-7-10-1-2-11(8-25)29-10/h5-6,10-11,13H,1-4,7-9H2. The van der Waals surface area contributed by atoms with Gasteiger partial charge in [0.15, 0.2) is 4.47 Å². The summed E-state index contributed by atoms with van der Waals surface area (Å²) in [5.41, 5.74) is -0.346. The average Bonchev–Trinajstić information content (AvgIpc) is 3.25. The number of anilines is 2. The molecule has 3 atom stereocenters. The molecule has 2 saturated heterocycles. The van der Waals surface area contributed by atoms with Gasteiger partial charge in [0, 0.05) is 36.8 Å². The van der Waals surface area contributed by atoms with Gasteiger partial charge in [-0.3, -0.25) is 9.36 Å². The minimum atomic E-state index is -4.45. The third kappa shape index (κ3) is 3.67. The number of nitrogens with zero attached hydrogens (tertiary/aromatic N) is 5. The van der Waals surface area contributed by atoms with Gasteiger partial charge in [-0.05, 0) is 19.3 Å². The predicted octanol–water partition coefficient (Wildman–Crippen LogP) is 3.06. The van der Waals surface area contributed by atoms with E-state index in [0.29, 0.717) is 23.8 Å². The van der Waals surface area contributed by atoms with Crippen molar-refractivity contribution in [1.82, 2.24) is 14.5 Å². The second-order valence-corrected chi connectivity index (χ2v) is 9.52. The molecule has 7 nitrogen and oxygen atoms in total. The minimum absolute atomic E-state index is 0.0278. The molecular weight excluding hydrogens is 443 g/mol. The van der Waals surface area contributed by atoms with E-state index in [0.717, 1.165) is 29.1 Å². The number of alkyl halides is 3. The molecule has 0 amide bonds. The van der Waals surface area contributed by atoms with Crippen molar-refractivity contribution in [3.05, 3.63) is 32.0 Å². The molecule has 3 unspecified atom stereocenters. The van der Waals surface area contributed by atoms with E-state index in [2.05, 4.69) is 9.97 Å². The number of morpholine rings is 1. The smallest absolute Gasteiger partial charge is 0.371 e. The summed E-state index contributed by atoms with van der Waals surface area (Å²) in [5.74, 6) is 0.441. The van der Waals surface area contributed by atoms with Gasteiger partial charge in [-0.25, -0.2) is 4.98 Å². The molecule has 2 aromatic rings. The van der Waals surface area contributed by atoms with E-state index in [-0.39, 0.29) is 47.7 Å². The summed E-state index contributed by atoms with van der Waals surface area (Å²) in [6.45, 7) is 1.07. The largest absolute Gasteiger partial charge is 0.408 e. The van der Waals surface area contributed by atoms with E-state index >= 15 is 0 Å². The van der Waals surface area contributed by atoms with E-state index in [1.807, 2.05) is 4.90 Å². The number of ether oxygens (including phenoxy) is 1. The summed E-state index contributed by atoms with van der Waals surface area (Å²) in [7, 11) is 0. The monoisotopic (exact) mass is 461 g/mol. The summed E-state index contributed by atoms with van der Waals surface area (Å²) in [5, 5.41) is 0. The summed E-state index contributed by atoms with van der Waals surface area (Å²) in [6.07, 6.45) is -1.18. The second-order valence-electron chi connectivity index (χ2n) is 7.82. The van der Waals surface area contributed by atoms with Crippen molar-refractivity contribution in [3.63, 3.8) is 0 Å². The molecule has 3 aliphatic rings. The van der Waals surface area contributed by atoms with Gasteiger partial charge in [0.25, 0.3) is 5.56 Å². The first-order chi connectivity index (χ1) is 14.3. The number of hydrogen-bond acceptors (Lipinski definition) is 7. The molecule has 0 radical (unpaired) electrons. The van der Waals surface area contributed by atoms with Crippen LogP contribution in [0.15, 0.2) is 17.1 Å². The van der Waals surface area contributed by atoms with E-state index < -0.39 is 12.2 Å². The lowest BCUT2D eigenvalue weighted by molar-refractivity contribution is -0.153. The minimum Gasteiger partial charge on any atom is -0.371 e. The van der Waals surface area contributed by atoms with Crippen LogP contribution in [-0.2, 0) is 17.8 Å². The van der Waals surface area contributed by atoms with Gasteiger partial charge in [-0.1, -0.05) is 11.6 Å². The molecule has 5 heterocycles. The highest BCUT2D eigenvalue weighted by atomic mass is 35.5. The van der Waals surface area contributed by atoms with Crippen molar-refractivity contribution in [2.45, 2.75) is 56.8 Å². The van der Waals surface area contributed by atoms with Crippen LogP contribution in [0.5, 0.6) is 0 Å². The predicted molar refractivity (Wildman–Crippen MR) is 106 cm³/mol. The SMILES string of the molecule is O=c1cc(N2CC3CCC(C2)O3)nc2n1CCC(C(F)(F)F)N2Cc1cnc(Cl)s1. The number of aromatic nitrogens is 3. The summed E-state index contributed by atoms with van der Waals surface area (Å²) >= 11 is 6.98. The maximum absolute atomic E-state index is 13.8. The van der Waals surface area contributed by atoms with Crippen molar-refractivity contribution in [2.75, 3.05) is 22.9 Å². The maximum atomic E-state index is 13.8. The van der Waals surface area contributed by atoms with Crippen LogP contribution in [0.4, 0.5) is 24.9 Å². The summed E-state index contributed by atoms with van der Waals surface area (Å²) < 4.78 is 48.9. The van der Waals surface area contributed by atoms with Gasteiger partial charge in [-0.15, -0.1) is 11.3 Å². The van der Waals surface area contributed by atoms with Crippen molar-refractivity contribution in [2.24, 2.45) is 0 Å². The molecule has 0 saturated carbocycles. The molecule has 12 heteroatoms. The van der Waals surface area contributed by atoms with Crippen LogP contribution in [0.25, 0.3) is 0 Å². The van der Waals surface area contributed by atoms with Gasteiger partial charge in [0.2, 0.25) is 5.95 Å². The number of fused-ring (bicyclic) bond motifs is 3. The summed E-state index contributed by atoms with van der Waals surface area (Å²) in [6, 6.07) is -0.314. The first-order valence-corrected chi connectivity index (χ1v) is 10.9. The lowest BCUT2D eigenvalue weighted by Gasteiger charge is -2.39. The molecular formula is C18H19ClF3N5O2S. The molecule has 0 N–H and O–H groups in total. The highest BCUT2D eigenvalue weighted by Gasteiger charge is 2.47. The Labute approximate surface area is 179 Å². The molecule has 30 heavy (non-hydrogen) atoms. The topological polar surface area (TPSA) is 63.5 Å². The molecule has 0 aromatic carbocycles. The van der Waals surface area contributed by atoms with Crippen LogP contribution < -0.4 is 15.4 Å². The third-order valence-electron chi connectivity index (χ3n) is 5.83. The van der Waals surface area contributed by atoms with Crippen molar-refractivity contribution in [1.29, 1.82) is 0 Å². The lowest BCUT2D eigenvalue weighted by Crippen LogP contribution is -2.52. The van der Waals surface area contributed by atoms with Crippen molar-refractivity contribution >= 4 is 34.7 Å². The Morgan fingerprint density at radius 2 is 1.97 bits per heavy atom. The highest BCUT2D eigenvalue weighted by Crippen LogP contribution is 2.37. The Balaban J connectivity index is 1.55. The van der Waals surface area contributed by atoms with Crippen molar-refractivity contribution in [3.8, 4) is 0 Å².